The first-order valence-electron chi connectivity index (χ1n) is 5.87. The number of hydrogen-bond acceptors (Lipinski definition) is 4. The minimum Gasteiger partial charge on any atom is -0.462 e. The van der Waals surface area contributed by atoms with E-state index in [1.54, 1.807) is 0 Å². The Hall–Kier alpha value is -0.720. The van der Waals surface area contributed by atoms with Gasteiger partial charge in [-0.15, -0.1) is 0 Å². The van der Waals surface area contributed by atoms with E-state index in [0.29, 0.717) is 17.4 Å². The van der Waals surface area contributed by atoms with Gasteiger partial charge in [0.05, 0.1) is 40.4 Å². The fourth-order valence-corrected chi connectivity index (χ4v) is 1.92. The van der Waals surface area contributed by atoms with E-state index in [-0.39, 0.29) is 13.0 Å². The largest absolute Gasteiger partial charge is 0.469 e. The summed E-state index contributed by atoms with van der Waals surface area (Å²) in [6.07, 6.45) is 1.06. The standard InChI is InChI=1S/C11H22NO6P/c1-5-11(13)17-9-7-10(18-19(14,15)16)6-8-12(2,3)4/h5,10H,1,6-9H2,2-4H3,(H-,14,15,16)/p+1. The van der Waals surface area contributed by atoms with E-state index in [2.05, 4.69) is 11.1 Å². The Morgan fingerprint density at radius 1 is 1.37 bits per heavy atom. The third-order valence-electron chi connectivity index (χ3n) is 2.26. The first-order valence-corrected chi connectivity index (χ1v) is 7.40. The van der Waals surface area contributed by atoms with Gasteiger partial charge >= 0.3 is 13.8 Å². The zero-order valence-electron chi connectivity index (χ0n) is 11.6. The summed E-state index contributed by atoms with van der Waals surface area (Å²) >= 11 is 0. The summed E-state index contributed by atoms with van der Waals surface area (Å²) in [7, 11) is 1.35. The van der Waals surface area contributed by atoms with Gasteiger partial charge in [0.2, 0.25) is 0 Å². The molecule has 0 radical (unpaired) electrons. The molecule has 0 aromatic heterocycles. The molecule has 0 aromatic carbocycles. The van der Waals surface area contributed by atoms with Crippen LogP contribution in [0.1, 0.15) is 12.8 Å². The molecule has 0 rings (SSSR count). The molecule has 0 saturated heterocycles. The van der Waals surface area contributed by atoms with Crippen LogP contribution in [0.25, 0.3) is 0 Å². The van der Waals surface area contributed by atoms with Crippen LogP contribution in [0.4, 0.5) is 0 Å². The van der Waals surface area contributed by atoms with E-state index in [9.17, 15) is 9.36 Å². The molecule has 1 atom stereocenters. The molecule has 0 aromatic rings. The lowest BCUT2D eigenvalue weighted by Gasteiger charge is -2.26. The Morgan fingerprint density at radius 3 is 2.37 bits per heavy atom. The lowest BCUT2D eigenvalue weighted by atomic mass is 10.2. The summed E-state index contributed by atoms with van der Waals surface area (Å²) in [6.45, 7) is 3.97. The number of quaternary nitrogens is 1. The summed E-state index contributed by atoms with van der Waals surface area (Å²) < 4.78 is 21.0. The summed E-state index contributed by atoms with van der Waals surface area (Å²) in [4.78, 5) is 28.5. The van der Waals surface area contributed by atoms with Gasteiger partial charge in [-0.2, -0.15) is 0 Å². The topological polar surface area (TPSA) is 93.1 Å². The zero-order valence-corrected chi connectivity index (χ0v) is 12.5. The van der Waals surface area contributed by atoms with Crippen molar-refractivity contribution < 1.29 is 32.9 Å². The highest BCUT2D eigenvalue weighted by Gasteiger charge is 2.24. The molecule has 0 aliphatic rings. The second-order valence-corrected chi connectivity index (χ2v) is 6.37. The van der Waals surface area contributed by atoms with E-state index < -0.39 is 19.9 Å². The molecule has 7 nitrogen and oxygen atoms in total. The second kappa shape index (κ2) is 7.77. The number of esters is 1. The molecule has 0 fully saturated rings. The van der Waals surface area contributed by atoms with Crippen molar-refractivity contribution in [1.82, 2.24) is 0 Å². The maximum atomic E-state index is 10.9. The fourth-order valence-electron chi connectivity index (χ4n) is 1.33. The highest BCUT2D eigenvalue weighted by molar-refractivity contribution is 7.46. The van der Waals surface area contributed by atoms with Crippen molar-refractivity contribution in [3.8, 4) is 0 Å². The Labute approximate surface area is 113 Å². The molecule has 8 heteroatoms. The highest BCUT2D eigenvalue weighted by atomic mass is 31.2. The first-order chi connectivity index (χ1) is 8.53. The molecule has 1 unspecified atom stereocenters. The monoisotopic (exact) mass is 296 g/mol. The predicted octanol–water partition coefficient (Wildman–Crippen LogP) is 0.680. The number of hydrogen-bond donors (Lipinski definition) is 2. The fraction of sp³-hybridized carbons (Fsp3) is 0.727. The van der Waals surface area contributed by atoms with Crippen molar-refractivity contribution in [3.63, 3.8) is 0 Å². The SMILES string of the molecule is C=CC(=O)OCCC(CC[N+](C)(C)C)OP(=O)(O)O. The van der Waals surface area contributed by atoms with Crippen molar-refractivity contribution >= 4 is 13.8 Å². The average Bonchev–Trinajstić information content (AvgIpc) is 2.22. The lowest BCUT2D eigenvalue weighted by Crippen LogP contribution is -2.37. The van der Waals surface area contributed by atoms with Crippen LogP contribution in [0.3, 0.4) is 0 Å². The van der Waals surface area contributed by atoms with Crippen LogP contribution in [0.5, 0.6) is 0 Å². The summed E-state index contributed by atoms with van der Waals surface area (Å²) in [5.41, 5.74) is 0. The average molecular weight is 296 g/mol. The van der Waals surface area contributed by atoms with Gasteiger partial charge in [-0.25, -0.2) is 9.36 Å². The van der Waals surface area contributed by atoms with Gasteiger partial charge in [-0.1, -0.05) is 6.58 Å². The molecule has 0 saturated carbocycles. The number of carbonyl (C=O) groups is 1. The van der Waals surface area contributed by atoms with Crippen LogP contribution in [0, 0.1) is 0 Å². The molecule has 0 aliphatic carbocycles. The van der Waals surface area contributed by atoms with Gasteiger partial charge in [0.25, 0.3) is 0 Å². The van der Waals surface area contributed by atoms with Gasteiger partial charge in [0.15, 0.2) is 0 Å². The van der Waals surface area contributed by atoms with Crippen LogP contribution in [0.2, 0.25) is 0 Å². The van der Waals surface area contributed by atoms with E-state index in [4.69, 9.17) is 14.5 Å². The predicted molar refractivity (Wildman–Crippen MR) is 70.2 cm³/mol. The van der Waals surface area contributed by atoms with Gasteiger partial charge in [-0.05, 0) is 0 Å². The molecular formula is C11H23NO6P+. The molecule has 0 aliphatic heterocycles. The van der Waals surface area contributed by atoms with E-state index >= 15 is 0 Å². The summed E-state index contributed by atoms with van der Waals surface area (Å²) in [6, 6.07) is 0. The third kappa shape index (κ3) is 12.1. The smallest absolute Gasteiger partial charge is 0.462 e. The quantitative estimate of drug-likeness (QED) is 0.281. The minimum atomic E-state index is -4.54. The van der Waals surface area contributed by atoms with Crippen LogP contribution in [-0.2, 0) is 18.6 Å². The molecule has 19 heavy (non-hydrogen) atoms. The Kier molecular flexibility index (Phi) is 7.47. The van der Waals surface area contributed by atoms with Gasteiger partial charge in [-0.3, -0.25) is 4.52 Å². The maximum Gasteiger partial charge on any atom is 0.469 e. The first kappa shape index (κ1) is 18.3. The lowest BCUT2D eigenvalue weighted by molar-refractivity contribution is -0.870. The number of phosphoric ester groups is 1. The van der Waals surface area contributed by atoms with Crippen LogP contribution < -0.4 is 0 Å². The molecule has 0 amide bonds. The van der Waals surface area contributed by atoms with Gasteiger partial charge in [0, 0.05) is 18.9 Å². The number of carbonyl (C=O) groups excluding carboxylic acids is 1. The summed E-state index contributed by atoms with van der Waals surface area (Å²) in [5.74, 6) is -0.568. The number of ether oxygens (including phenoxy) is 1. The molecule has 2 N–H and O–H groups in total. The van der Waals surface area contributed by atoms with Crippen molar-refractivity contribution in [1.29, 1.82) is 0 Å². The Balaban J connectivity index is 4.30. The Morgan fingerprint density at radius 2 is 1.95 bits per heavy atom. The van der Waals surface area contributed by atoms with Crippen molar-refractivity contribution in [2.75, 3.05) is 34.3 Å². The van der Waals surface area contributed by atoms with Gasteiger partial charge < -0.3 is 19.0 Å². The van der Waals surface area contributed by atoms with Crippen LogP contribution in [-0.4, -0.2) is 60.6 Å². The molecular weight excluding hydrogens is 273 g/mol. The van der Waals surface area contributed by atoms with Crippen molar-refractivity contribution in [2.24, 2.45) is 0 Å². The van der Waals surface area contributed by atoms with E-state index in [1.807, 2.05) is 21.1 Å². The number of rotatable bonds is 9. The number of nitrogens with zero attached hydrogens (tertiary/aromatic N) is 1. The van der Waals surface area contributed by atoms with Crippen LogP contribution in [0.15, 0.2) is 12.7 Å². The van der Waals surface area contributed by atoms with Crippen molar-refractivity contribution in [3.05, 3.63) is 12.7 Å². The second-order valence-electron chi connectivity index (χ2n) is 5.18. The molecule has 0 heterocycles. The molecule has 0 bridgehead atoms. The van der Waals surface area contributed by atoms with Crippen molar-refractivity contribution in [2.45, 2.75) is 18.9 Å². The van der Waals surface area contributed by atoms with E-state index in [0.717, 1.165) is 6.08 Å². The molecule has 112 valence electrons. The normalized spacial score (nSPS) is 13.9. The highest BCUT2D eigenvalue weighted by Crippen LogP contribution is 2.39. The maximum absolute atomic E-state index is 10.9. The summed E-state index contributed by atoms with van der Waals surface area (Å²) in [5, 5.41) is 0. The minimum absolute atomic E-state index is 0.0344. The van der Waals surface area contributed by atoms with Crippen LogP contribution >= 0.6 is 7.82 Å². The zero-order chi connectivity index (χ0) is 15.1. The van der Waals surface area contributed by atoms with E-state index in [1.165, 1.54) is 0 Å². The Bertz CT molecular complexity index is 346. The molecule has 0 spiro atoms. The van der Waals surface area contributed by atoms with Gasteiger partial charge in [0.1, 0.15) is 0 Å². The third-order valence-corrected chi connectivity index (χ3v) is 2.83. The number of phosphoric acid groups is 1.